The van der Waals surface area contributed by atoms with Crippen LogP contribution in [0.5, 0.6) is 5.75 Å². The Bertz CT molecular complexity index is 1140. The molecular weight excluding hydrogens is 455 g/mol. The molecule has 0 aliphatic rings. The van der Waals surface area contributed by atoms with Gasteiger partial charge in [-0.05, 0) is 17.7 Å². The highest BCUT2D eigenvalue weighted by Gasteiger charge is 2.31. The zero-order valence-corrected chi connectivity index (χ0v) is 18.2. The molecule has 0 aliphatic heterocycles. The summed E-state index contributed by atoms with van der Waals surface area (Å²) in [5.74, 6) is -1.21. The van der Waals surface area contributed by atoms with Crippen LogP contribution < -0.4 is 15.0 Å². The van der Waals surface area contributed by atoms with Gasteiger partial charge >= 0.3 is 11.7 Å². The summed E-state index contributed by atoms with van der Waals surface area (Å²) in [6.45, 7) is 2.18. The first-order valence-electron chi connectivity index (χ1n) is 9.19. The van der Waals surface area contributed by atoms with Crippen LogP contribution in [0, 0.1) is 5.41 Å². The van der Waals surface area contributed by atoms with Crippen LogP contribution in [0.4, 0.5) is 13.2 Å². The summed E-state index contributed by atoms with van der Waals surface area (Å²) < 4.78 is 70.1. The van der Waals surface area contributed by atoms with Gasteiger partial charge in [-0.25, -0.2) is 17.8 Å². The summed E-state index contributed by atoms with van der Waals surface area (Å²) in [5, 5.41) is 12.9. The summed E-state index contributed by atoms with van der Waals surface area (Å²) in [4.78, 5) is 23.5. The Kier molecular flexibility index (Phi) is 7.35. The van der Waals surface area contributed by atoms with Gasteiger partial charge in [0.1, 0.15) is 6.54 Å². The molecule has 1 aromatic carbocycles. The van der Waals surface area contributed by atoms with E-state index in [1.165, 1.54) is 12.1 Å². The molecule has 0 saturated heterocycles. The van der Waals surface area contributed by atoms with E-state index in [0.717, 1.165) is 25.3 Å². The molecule has 0 atom stereocenters. The molecule has 1 aromatic heterocycles. The predicted molar refractivity (Wildman–Crippen MR) is 107 cm³/mol. The Balaban J connectivity index is 2.53. The van der Waals surface area contributed by atoms with Crippen molar-refractivity contribution in [3.8, 4) is 16.9 Å². The third kappa shape index (κ3) is 6.53. The number of sulfonamides is 1. The van der Waals surface area contributed by atoms with E-state index in [1.54, 1.807) is 18.6 Å². The molecule has 1 heterocycles. The molecule has 9 nitrogen and oxygen atoms in total. The van der Waals surface area contributed by atoms with E-state index in [9.17, 15) is 36.3 Å². The Hall–Kier alpha value is -2.93. The largest absolute Gasteiger partial charge is 0.487 e. The second-order valence-corrected chi connectivity index (χ2v) is 9.44. The number of hydrogen-bond acceptors (Lipinski definition) is 7. The maximum atomic E-state index is 12.8. The number of aliphatic hydroxyl groups is 1. The second-order valence-electron chi connectivity index (χ2n) is 7.76. The van der Waals surface area contributed by atoms with Gasteiger partial charge in [0, 0.05) is 17.9 Å². The highest BCUT2D eigenvalue weighted by molar-refractivity contribution is 7.90. The number of hydrogen-bond donors (Lipinski definition) is 2. The van der Waals surface area contributed by atoms with E-state index in [4.69, 9.17) is 4.74 Å². The maximum Gasteiger partial charge on any atom is 0.408 e. The predicted octanol–water partition coefficient (Wildman–Crippen LogP) is 1.69. The van der Waals surface area contributed by atoms with Gasteiger partial charge in [0.25, 0.3) is 10.0 Å². The number of aromatic nitrogens is 2. The Morgan fingerprint density at radius 3 is 2.31 bits per heavy atom. The number of benzene rings is 1. The molecule has 0 fully saturated rings. The average molecular weight is 477 g/mol. The van der Waals surface area contributed by atoms with Gasteiger partial charge in [-0.1, -0.05) is 26.0 Å². The van der Waals surface area contributed by atoms with Crippen LogP contribution in [0.3, 0.4) is 0 Å². The molecule has 0 bridgehead atoms. The van der Waals surface area contributed by atoms with Crippen molar-refractivity contribution in [2.75, 3.05) is 13.2 Å². The van der Waals surface area contributed by atoms with E-state index in [1.807, 2.05) is 0 Å². The summed E-state index contributed by atoms with van der Waals surface area (Å²) in [7, 11) is -4.10. The molecule has 32 heavy (non-hydrogen) atoms. The summed E-state index contributed by atoms with van der Waals surface area (Å²) in [6.07, 6.45) is -3.69. The van der Waals surface area contributed by atoms with Crippen LogP contribution in [-0.4, -0.2) is 48.6 Å². The standard InChI is InChI=1S/C19H22F3N3O6S/c1-12(27)24-32(29,30)14-6-4-13(5-7-14)15-8-23-25(9-19(20,21)22)17(28)16(15)31-11-18(2,3)10-26/h4-8,26H,9-11H2,1-3H3,(H,24,27). The lowest BCUT2D eigenvalue weighted by Gasteiger charge is -2.23. The van der Waals surface area contributed by atoms with Crippen LogP contribution in [0.25, 0.3) is 11.1 Å². The topological polar surface area (TPSA) is 128 Å². The number of aliphatic hydroxyl groups excluding tert-OH is 1. The molecular formula is C19H22F3N3O6S. The number of carbonyl (C=O) groups excluding carboxylic acids is 1. The molecule has 176 valence electrons. The lowest BCUT2D eigenvalue weighted by molar-refractivity contribution is -0.143. The van der Waals surface area contributed by atoms with E-state index in [2.05, 4.69) is 5.10 Å². The molecule has 0 spiro atoms. The smallest absolute Gasteiger partial charge is 0.408 e. The molecule has 0 radical (unpaired) electrons. The number of nitrogens with zero attached hydrogens (tertiary/aromatic N) is 2. The van der Waals surface area contributed by atoms with Gasteiger partial charge < -0.3 is 9.84 Å². The Labute approximate surface area is 181 Å². The van der Waals surface area contributed by atoms with Crippen molar-refractivity contribution in [3.63, 3.8) is 0 Å². The van der Waals surface area contributed by atoms with Crippen molar-refractivity contribution < 1.29 is 36.2 Å². The van der Waals surface area contributed by atoms with E-state index < -0.39 is 45.4 Å². The quantitative estimate of drug-likeness (QED) is 0.592. The van der Waals surface area contributed by atoms with Gasteiger partial charge in [0.2, 0.25) is 5.91 Å². The van der Waals surface area contributed by atoms with Crippen molar-refractivity contribution in [2.45, 2.75) is 38.4 Å². The fraction of sp³-hybridized carbons (Fsp3) is 0.421. The Morgan fingerprint density at radius 1 is 1.22 bits per heavy atom. The first kappa shape index (κ1) is 25.3. The molecule has 2 N–H and O–H groups in total. The highest BCUT2D eigenvalue weighted by Crippen LogP contribution is 2.29. The number of halogens is 3. The SMILES string of the molecule is CC(=O)NS(=O)(=O)c1ccc(-c2cnn(CC(F)(F)F)c(=O)c2OCC(C)(C)CO)cc1. The summed E-state index contributed by atoms with van der Waals surface area (Å²) in [6, 6.07) is 4.90. The minimum absolute atomic E-state index is 0.0330. The lowest BCUT2D eigenvalue weighted by Crippen LogP contribution is -2.33. The van der Waals surface area contributed by atoms with E-state index >= 15 is 0 Å². The van der Waals surface area contributed by atoms with Crippen molar-refractivity contribution in [2.24, 2.45) is 5.41 Å². The normalized spacial score (nSPS) is 12.5. The molecule has 13 heteroatoms. The molecule has 2 aromatic rings. The van der Waals surface area contributed by atoms with Crippen molar-refractivity contribution in [1.82, 2.24) is 14.5 Å². The van der Waals surface area contributed by atoms with E-state index in [0.29, 0.717) is 0 Å². The van der Waals surface area contributed by atoms with Gasteiger partial charge in [-0.2, -0.15) is 18.3 Å². The second kappa shape index (κ2) is 9.28. The molecule has 2 rings (SSSR count). The molecule has 1 amide bonds. The molecule has 0 unspecified atom stereocenters. The zero-order chi connectivity index (χ0) is 24.3. The van der Waals surface area contributed by atoms with Crippen LogP contribution in [0.1, 0.15) is 20.8 Å². The average Bonchev–Trinajstić information content (AvgIpc) is 2.66. The maximum absolute atomic E-state index is 12.8. The third-order valence-corrected chi connectivity index (χ3v) is 5.57. The number of carbonyl (C=O) groups is 1. The lowest BCUT2D eigenvalue weighted by atomic mass is 9.96. The minimum atomic E-state index is -4.69. The number of amides is 1. The van der Waals surface area contributed by atoms with Crippen LogP contribution in [-0.2, 0) is 21.4 Å². The summed E-state index contributed by atoms with van der Waals surface area (Å²) >= 11 is 0. The fourth-order valence-corrected chi connectivity index (χ4v) is 3.46. The number of rotatable bonds is 8. The first-order valence-corrected chi connectivity index (χ1v) is 10.7. The number of nitrogens with one attached hydrogen (secondary N) is 1. The van der Waals surface area contributed by atoms with Gasteiger partial charge in [-0.15, -0.1) is 0 Å². The summed E-state index contributed by atoms with van der Waals surface area (Å²) in [5.41, 5.74) is -1.65. The monoisotopic (exact) mass is 477 g/mol. The van der Waals surface area contributed by atoms with Crippen molar-refractivity contribution in [1.29, 1.82) is 0 Å². The Morgan fingerprint density at radius 2 is 1.81 bits per heavy atom. The van der Waals surface area contributed by atoms with Crippen molar-refractivity contribution >= 4 is 15.9 Å². The van der Waals surface area contributed by atoms with Crippen LogP contribution in [0.15, 0.2) is 40.2 Å². The molecule has 0 saturated carbocycles. The van der Waals surface area contributed by atoms with Crippen LogP contribution in [0.2, 0.25) is 0 Å². The van der Waals surface area contributed by atoms with Crippen LogP contribution >= 0.6 is 0 Å². The number of ether oxygens (including phenoxy) is 1. The first-order chi connectivity index (χ1) is 14.6. The van der Waals surface area contributed by atoms with Gasteiger partial charge in [0.15, 0.2) is 5.75 Å². The van der Waals surface area contributed by atoms with Gasteiger partial charge in [0.05, 0.1) is 24.3 Å². The van der Waals surface area contributed by atoms with Crippen molar-refractivity contribution in [3.05, 3.63) is 40.8 Å². The third-order valence-electron chi connectivity index (χ3n) is 4.12. The number of alkyl halides is 3. The minimum Gasteiger partial charge on any atom is -0.487 e. The van der Waals surface area contributed by atoms with E-state index in [-0.39, 0.29) is 33.9 Å². The van der Waals surface area contributed by atoms with Gasteiger partial charge in [-0.3, -0.25) is 9.59 Å². The fourth-order valence-electron chi connectivity index (χ4n) is 2.47. The zero-order valence-electron chi connectivity index (χ0n) is 17.4. The highest BCUT2D eigenvalue weighted by atomic mass is 32.2. The molecule has 0 aliphatic carbocycles.